The summed E-state index contributed by atoms with van der Waals surface area (Å²) in [5.41, 5.74) is 0. The van der Waals surface area contributed by atoms with Gasteiger partial charge in [-0.05, 0) is 13.8 Å². The molecule has 0 saturated heterocycles. The maximum Gasteiger partial charge on any atom is 0.255 e. The molecule has 0 aliphatic carbocycles. The maximum absolute atomic E-state index is 12.0. The van der Waals surface area contributed by atoms with Crippen molar-refractivity contribution in [2.75, 3.05) is 18.9 Å². The zero-order valence-electron chi connectivity index (χ0n) is 11.0. The summed E-state index contributed by atoms with van der Waals surface area (Å²) in [6, 6.07) is 1.22. The summed E-state index contributed by atoms with van der Waals surface area (Å²) < 4.78 is 1.50. The van der Waals surface area contributed by atoms with Gasteiger partial charge in [0.2, 0.25) is 5.91 Å². The van der Waals surface area contributed by atoms with Crippen LogP contribution in [-0.4, -0.2) is 50.0 Å². The molecule has 1 atom stereocenters. The Bertz CT molecular complexity index is 598. The van der Waals surface area contributed by atoms with Crippen LogP contribution in [0.3, 0.4) is 0 Å². The van der Waals surface area contributed by atoms with Gasteiger partial charge in [-0.2, -0.15) is 19.6 Å². The molecule has 2 heterocycles. The second-order valence-electron chi connectivity index (χ2n) is 4.15. The number of likely N-dealkylation sites (N-methyl/N-ethyl adjacent to an activating group) is 1. The average molecular weight is 283 g/mol. The summed E-state index contributed by atoms with van der Waals surface area (Å²) in [5.74, 6) is 0.958. The molecule has 7 nitrogen and oxygen atoms in total. The van der Waals surface area contributed by atoms with Crippen molar-refractivity contribution in [2.24, 2.45) is 0 Å². The van der Waals surface area contributed by atoms with E-state index in [1.807, 2.05) is 6.92 Å². The van der Waals surface area contributed by atoms with Crippen molar-refractivity contribution >= 4 is 29.1 Å². The molecule has 0 fully saturated rings. The van der Waals surface area contributed by atoms with Crippen LogP contribution in [0.1, 0.15) is 13.8 Å². The zero-order valence-corrected chi connectivity index (χ0v) is 11.7. The minimum absolute atomic E-state index is 0.0105. The fourth-order valence-corrected chi connectivity index (χ4v) is 1.84. The van der Waals surface area contributed by atoms with Crippen molar-refractivity contribution in [1.29, 1.82) is 0 Å². The molecule has 1 unspecified atom stereocenters. The first-order valence-corrected chi connectivity index (χ1v) is 6.28. The van der Waals surface area contributed by atoms with E-state index in [1.54, 1.807) is 24.9 Å². The first-order chi connectivity index (χ1) is 9.02. The first-order valence-electron chi connectivity index (χ1n) is 5.90. The van der Waals surface area contributed by atoms with Crippen LogP contribution in [0.15, 0.2) is 12.4 Å². The Morgan fingerprint density at radius 2 is 2.37 bits per heavy atom. The molecular weight excluding hydrogens is 268 g/mol. The number of hydrogen-bond acceptors (Lipinski definition) is 5. The summed E-state index contributed by atoms with van der Waals surface area (Å²) in [4.78, 5) is 21.6. The number of halogens is 1. The van der Waals surface area contributed by atoms with E-state index < -0.39 is 6.04 Å². The summed E-state index contributed by atoms with van der Waals surface area (Å²) in [7, 11) is 1.76. The molecule has 0 aliphatic rings. The van der Waals surface area contributed by atoms with Crippen LogP contribution in [0.5, 0.6) is 0 Å². The molecule has 2 aromatic heterocycles. The normalized spacial score (nSPS) is 12.4. The largest absolute Gasteiger partial charge is 0.358 e. The molecule has 8 heteroatoms. The summed E-state index contributed by atoms with van der Waals surface area (Å²) in [5, 5.41) is 7.40. The van der Waals surface area contributed by atoms with Gasteiger partial charge >= 0.3 is 0 Å². The fraction of sp³-hybridized carbons (Fsp3) is 0.455. The predicted octanol–water partition coefficient (Wildman–Crippen LogP) is 1.06. The van der Waals surface area contributed by atoms with Gasteiger partial charge in [-0.15, -0.1) is 0 Å². The third-order valence-corrected chi connectivity index (χ3v) is 3.00. The predicted molar refractivity (Wildman–Crippen MR) is 72.2 cm³/mol. The molecular formula is C11H15ClN6O. The molecule has 0 aliphatic heterocycles. The van der Waals surface area contributed by atoms with Gasteiger partial charge < -0.3 is 10.2 Å². The highest BCUT2D eigenvalue weighted by molar-refractivity contribution is 6.29. The molecule has 0 bridgehead atoms. The van der Waals surface area contributed by atoms with E-state index in [2.05, 4.69) is 20.4 Å². The van der Waals surface area contributed by atoms with Crippen LogP contribution in [0.4, 0.5) is 5.82 Å². The number of nitrogens with zero attached hydrogens (tertiary/aromatic N) is 5. The molecule has 102 valence electrons. The lowest BCUT2D eigenvalue weighted by atomic mass is 10.3. The van der Waals surface area contributed by atoms with Gasteiger partial charge in [0.25, 0.3) is 5.78 Å². The molecule has 0 spiro atoms. The maximum atomic E-state index is 12.0. The molecule has 2 aromatic rings. The van der Waals surface area contributed by atoms with Crippen LogP contribution >= 0.6 is 11.6 Å². The monoisotopic (exact) mass is 282 g/mol. The molecule has 0 saturated carbocycles. The third-order valence-electron chi connectivity index (χ3n) is 2.81. The van der Waals surface area contributed by atoms with Crippen molar-refractivity contribution in [3.8, 4) is 0 Å². The van der Waals surface area contributed by atoms with Gasteiger partial charge in [-0.1, -0.05) is 11.6 Å². The van der Waals surface area contributed by atoms with Crippen LogP contribution in [0, 0.1) is 0 Å². The Morgan fingerprint density at radius 3 is 3.05 bits per heavy atom. The second kappa shape index (κ2) is 5.40. The van der Waals surface area contributed by atoms with Gasteiger partial charge in [0, 0.05) is 19.7 Å². The number of aromatic nitrogens is 4. The Hall–Kier alpha value is -1.89. The lowest BCUT2D eigenvalue weighted by Crippen LogP contribution is -2.39. The standard InChI is InChI=1S/C11H15ClN6O/c1-4-17(3)10(19)7(2)15-9-5-8(12)16-11-13-6-14-18(9)11/h5-7,15H,4H2,1-3H3. The Labute approximate surface area is 115 Å². The highest BCUT2D eigenvalue weighted by atomic mass is 35.5. The summed E-state index contributed by atoms with van der Waals surface area (Å²) in [6.45, 7) is 4.36. The van der Waals surface area contributed by atoms with Crippen molar-refractivity contribution < 1.29 is 4.79 Å². The Kier molecular flexibility index (Phi) is 3.84. The first kappa shape index (κ1) is 13.5. The fourth-order valence-electron chi connectivity index (χ4n) is 1.66. The van der Waals surface area contributed by atoms with Gasteiger partial charge in [-0.3, -0.25) is 4.79 Å². The quantitative estimate of drug-likeness (QED) is 0.849. The van der Waals surface area contributed by atoms with E-state index in [0.29, 0.717) is 23.3 Å². The van der Waals surface area contributed by atoms with E-state index in [9.17, 15) is 4.79 Å². The molecule has 1 amide bonds. The second-order valence-corrected chi connectivity index (χ2v) is 4.54. The van der Waals surface area contributed by atoms with Crippen LogP contribution < -0.4 is 5.32 Å². The van der Waals surface area contributed by atoms with E-state index in [4.69, 9.17) is 11.6 Å². The van der Waals surface area contributed by atoms with E-state index in [1.165, 1.54) is 10.8 Å². The minimum Gasteiger partial charge on any atom is -0.358 e. The number of anilines is 1. The molecule has 2 rings (SSSR count). The van der Waals surface area contributed by atoms with Crippen molar-refractivity contribution in [2.45, 2.75) is 19.9 Å². The van der Waals surface area contributed by atoms with Crippen LogP contribution in [0.2, 0.25) is 5.15 Å². The van der Waals surface area contributed by atoms with Gasteiger partial charge in [0.1, 0.15) is 23.3 Å². The van der Waals surface area contributed by atoms with Gasteiger partial charge in [-0.25, -0.2) is 0 Å². The minimum atomic E-state index is -0.393. The Morgan fingerprint density at radius 1 is 1.63 bits per heavy atom. The number of carbonyl (C=O) groups is 1. The van der Waals surface area contributed by atoms with E-state index >= 15 is 0 Å². The van der Waals surface area contributed by atoms with Gasteiger partial charge in [0.05, 0.1) is 0 Å². The van der Waals surface area contributed by atoms with Crippen LogP contribution in [0.25, 0.3) is 5.78 Å². The number of rotatable bonds is 4. The van der Waals surface area contributed by atoms with E-state index in [0.717, 1.165) is 0 Å². The highest BCUT2D eigenvalue weighted by Crippen LogP contribution is 2.15. The number of fused-ring (bicyclic) bond motifs is 1. The van der Waals surface area contributed by atoms with E-state index in [-0.39, 0.29) is 5.91 Å². The zero-order chi connectivity index (χ0) is 14.0. The highest BCUT2D eigenvalue weighted by Gasteiger charge is 2.18. The molecule has 1 N–H and O–H groups in total. The lowest BCUT2D eigenvalue weighted by Gasteiger charge is -2.21. The SMILES string of the molecule is CCN(C)C(=O)C(C)Nc1cc(Cl)nc2ncnn12. The molecule has 0 radical (unpaired) electrons. The van der Waals surface area contributed by atoms with Gasteiger partial charge in [0.15, 0.2) is 0 Å². The smallest absolute Gasteiger partial charge is 0.255 e. The average Bonchev–Trinajstić information content (AvgIpc) is 2.84. The van der Waals surface area contributed by atoms with Crippen molar-refractivity contribution in [1.82, 2.24) is 24.5 Å². The summed E-state index contributed by atoms with van der Waals surface area (Å²) >= 11 is 5.91. The third kappa shape index (κ3) is 2.76. The number of hydrogen-bond donors (Lipinski definition) is 1. The van der Waals surface area contributed by atoms with Crippen molar-refractivity contribution in [3.63, 3.8) is 0 Å². The Balaban J connectivity index is 2.26. The molecule has 19 heavy (non-hydrogen) atoms. The number of carbonyl (C=O) groups excluding carboxylic acids is 1. The number of nitrogens with one attached hydrogen (secondary N) is 1. The summed E-state index contributed by atoms with van der Waals surface area (Å²) in [6.07, 6.45) is 1.38. The lowest BCUT2D eigenvalue weighted by molar-refractivity contribution is -0.130. The number of amides is 1. The topological polar surface area (TPSA) is 75.4 Å². The molecule has 0 aromatic carbocycles. The van der Waals surface area contributed by atoms with Crippen molar-refractivity contribution in [3.05, 3.63) is 17.5 Å². The van der Waals surface area contributed by atoms with Crippen LogP contribution in [-0.2, 0) is 4.79 Å².